The molecule has 4 N–H and O–H groups in total. The topological polar surface area (TPSA) is 96.3 Å². The average molecular weight is 424 g/mol. The normalized spacial score (nSPS) is 18.8. The van der Waals surface area contributed by atoms with Crippen LogP contribution in [0.2, 0.25) is 5.02 Å². The van der Waals surface area contributed by atoms with Crippen LogP contribution >= 0.6 is 24.0 Å². The first-order valence-electron chi connectivity index (χ1n) is 8.96. The first-order chi connectivity index (χ1) is 13.0. The molecular formula is C19H23Cl2N5O2. The summed E-state index contributed by atoms with van der Waals surface area (Å²) < 4.78 is 5.53. The Morgan fingerprint density at radius 1 is 1.50 bits per heavy atom. The molecule has 150 valence electrons. The van der Waals surface area contributed by atoms with E-state index in [1.54, 1.807) is 18.5 Å². The molecule has 1 saturated heterocycles. The Bertz CT molecular complexity index is 991. The van der Waals surface area contributed by atoms with Gasteiger partial charge in [0.2, 0.25) is 5.91 Å². The van der Waals surface area contributed by atoms with Crippen LogP contribution in [-0.4, -0.2) is 59.2 Å². The second-order valence-corrected chi connectivity index (χ2v) is 7.41. The highest BCUT2D eigenvalue weighted by Crippen LogP contribution is 2.33. The van der Waals surface area contributed by atoms with Gasteiger partial charge in [-0.2, -0.15) is 0 Å². The fourth-order valence-electron chi connectivity index (χ4n) is 3.60. The second kappa shape index (κ2) is 8.63. The van der Waals surface area contributed by atoms with Crippen molar-refractivity contribution in [2.75, 3.05) is 31.6 Å². The van der Waals surface area contributed by atoms with Crippen molar-refractivity contribution < 1.29 is 9.53 Å². The lowest BCUT2D eigenvalue weighted by molar-refractivity contribution is -0.127. The first kappa shape index (κ1) is 20.8. The van der Waals surface area contributed by atoms with Gasteiger partial charge in [-0.05, 0) is 25.1 Å². The maximum Gasteiger partial charge on any atom is 0.244 e. The molecule has 0 spiro atoms. The molecule has 0 bridgehead atoms. The van der Waals surface area contributed by atoms with E-state index in [1.807, 2.05) is 19.1 Å². The van der Waals surface area contributed by atoms with E-state index < -0.39 is 0 Å². The molecule has 9 heteroatoms. The third kappa shape index (κ3) is 4.09. The van der Waals surface area contributed by atoms with E-state index in [0.717, 1.165) is 21.8 Å². The van der Waals surface area contributed by atoms with Gasteiger partial charge < -0.3 is 20.8 Å². The van der Waals surface area contributed by atoms with Gasteiger partial charge in [0.1, 0.15) is 6.04 Å². The van der Waals surface area contributed by atoms with Gasteiger partial charge in [0.05, 0.1) is 36.1 Å². The number of anilines is 1. The van der Waals surface area contributed by atoms with Crippen molar-refractivity contribution in [3.63, 3.8) is 0 Å². The third-order valence-electron chi connectivity index (χ3n) is 4.80. The fourth-order valence-corrected chi connectivity index (χ4v) is 3.82. The van der Waals surface area contributed by atoms with Gasteiger partial charge in [-0.25, -0.2) is 0 Å². The standard InChI is InChI=1S/C19H22ClN5O2.ClH/c1-11(21)9-25-4-5-27-10-17(25)19(26)24-15-7-12(20)6-14-13-2-3-22-8-16(13)23-18(14)15;/h2-3,6-8,11,17,23H,4-5,9-10,21H2,1H3,(H,24,26);1H/t11-,17-;/m0./s1. The minimum Gasteiger partial charge on any atom is -0.378 e. The number of nitrogens with zero attached hydrogens (tertiary/aromatic N) is 2. The summed E-state index contributed by atoms with van der Waals surface area (Å²) in [6.07, 6.45) is 3.49. The molecule has 1 amide bonds. The number of ether oxygens (including phenoxy) is 1. The molecule has 1 aromatic carbocycles. The number of aromatic nitrogens is 2. The number of H-pyrrole nitrogens is 1. The molecule has 0 saturated carbocycles. The zero-order valence-corrected chi connectivity index (χ0v) is 17.0. The summed E-state index contributed by atoms with van der Waals surface area (Å²) in [5, 5.41) is 5.54. The highest BCUT2D eigenvalue weighted by Gasteiger charge is 2.30. The van der Waals surface area contributed by atoms with Crippen LogP contribution in [0, 0.1) is 0 Å². The number of morpholine rings is 1. The summed E-state index contributed by atoms with van der Waals surface area (Å²) in [5.41, 5.74) is 8.30. The van der Waals surface area contributed by atoms with Crippen LogP contribution in [0.5, 0.6) is 0 Å². The SMILES string of the molecule is C[C@H](N)CN1CCOC[C@H]1C(=O)Nc1cc(Cl)cc2c1[nH]c1cnccc12.Cl. The van der Waals surface area contributed by atoms with Crippen molar-refractivity contribution in [3.8, 4) is 0 Å². The number of rotatable bonds is 4. The van der Waals surface area contributed by atoms with E-state index in [2.05, 4.69) is 20.2 Å². The van der Waals surface area contributed by atoms with Crippen molar-refractivity contribution >= 4 is 57.4 Å². The zero-order valence-electron chi connectivity index (χ0n) is 15.4. The fraction of sp³-hybridized carbons (Fsp3) is 0.368. The number of carbonyl (C=O) groups excluding carboxylic acids is 1. The van der Waals surface area contributed by atoms with Crippen LogP contribution in [0.25, 0.3) is 21.8 Å². The van der Waals surface area contributed by atoms with E-state index in [1.165, 1.54) is 0 Å². The van der Waals surface area contributed by atoms with Crippen molar-refractivity contribution in [2.45, 2.75) is 19.0 Å². The van der Waals surface area contributed by atoms with E-state index in [0.29, 0.717) is 37.0 Å². The van der Waals surface area contributed by atoms with Gasteiger partial charge in [0.25, 0.3) is 0 Å². The molecule has 1 fully saturated rings. The lowest BCUT2D eigenvalue weighted by atomic mass is 10.1. The zero-order chi connectivity index (χ0) is 19.0. The Morgan fingerprint density at radius 3 is 3.11 bits per heavy atom. The van der Waals surface area contributed by atoms with Crippen LogP contribution in [0.1, 0.15) is 6.92 Å². The number of halogens is 2. The molecular weight excluding hydrogens is 401 g/mol. The van der Waals surface area contributed by atoms with Crippen LogP contribution < -0.4 is 11.1 Å². The predicted octanol–water partition coefficient (Wildman–Crippen LogP) is 2.78. The van der Waals surface area contributed by atoms with Gasteiger partial charge in [0, 0.05) is 41.1 Å². The quantitative estimate of drug-likeness (QED) is 0.599. The van der Waals surface area contributed by atoms with Crippen LogP contribution in [-0.2, 0) is 9.53 Å². The van der Waals surface area contributed by atoms with E-state index >= 15 is 0 Å². The highest BCUT2D eigenvalue weighted by molar-refractivity contribution is 6.32. The van der Waals surface area contributed by atoms with Crippen molar-refractivity contribution in [1.29, 1.82) is 0 Å². The summed E-state index contributed by atoms with van der Waals surface area (Å²) in [4.78, 5) is 22.5. The minimum atomic E-state index is -0.384. The Hall–Kier alpha value is -1.90. The molecule has 0 radical (unpaired) electrons. The van der Waals surface area contributed by atoms with Crippen LogP contribution in [0.3, 0.4) is 0 Å². The minimum absolute atomic E-state index is 0. The van der Waals surface area contributed by atoms with Crippen molar-refractivity contribution in [2.24, 2.45) is 5.73 Å². The summed E-state index contributed by atoms with van der Waals surface area (Å²) >= 11 is 6.32. The molecule has 3 aromatic rings. The first-order valence-corrected chi connectivity index (χ1v) is 9.34. The maximum atomic E-state index is 13.0. The number of nitrogens with one attached hydrogen (secondary N) is 2. The Morgan fingerprint density at radius 2 is 2.32 bits per heavy atom. The number of nitrogens with two attached hydrogens (primary N) is 1. The molecule has 3 heterocycles. The van der Waals surface area contributed by atoms with Crippen LogP contribution in [0.15, 0.2) is 30.6 Å². The monoisotopic (exact) mass is 423 g/mol. The molecule has 1 aliphatic heterocycles. The Balaban J connectivity index is 0.00000225. The van der Waals surface area contributed by atoms with E-state index in [-0.39, 0.29) is 30.4 Å². The lowest BCUT2D eigenvalue weighted by Crippen LogP contribution is -2.54. The number of hydrogen-bond donors (Lipinski definition) is 3. The van der Waals surface area contributed by atoms with Gasteiger partial charge in [-0.1, -0.05) is 11.6 Å². The number of fused-ring (bicyclic) bond motifs is 3. The summed E-state index contributed by atoms with van der Waals surface area (Å²) in [5.74, 6) is -0.129. The number of hydrogen-bond acceptors (Lipinski definition) is 5. The van der Waals surface area contributed by atoms with E-state index in [4.69, 9.17) is 22.1 Å². The maximum absolute atomic E-state index is 13.0. The molecule has 2 atom stereocenters. The number of amides is 1. The Kier molecular flexibility index (Phi) is 6.42. The number of carbonyl (C=O) groups is 1. The molecule has 7 nitrogen and oxygen atoms in total. The van der Waals surface area contributed by atoms with Gasteiger partial charge in [-0.15, -0.1) is 12.4 Å². The van der Waals surface area contributed by atoms with Gasteiger partial charge in [-0.3, -0.25) is 14.7 Å². The van der Waals surface area contributed by atoms with E-state index in [9.17, 15) is 4.79 Å². The molecule has 4 rings (SSSR count). The van der Waals surface area contributed by atoms with Crippen molar-refractivity contribution in [1.82, 2.24) is 14.9 Å². The molecule has 0 unspecified atom stereocenters. The Labute approximate surface area is 174 Å². The number of aromatic amines is 1. The number of pyridine rings is 1. The van der Waals surface area contributed by atoms with Gasteiger partial charge >= 0.3 is 0 Å². The van der Waals surface area contributed by atoms with Crippen molar-refractivity contribution in [3.05, 3.63) is 35.6 Å². The summed E-state index contributed by atoms with van der Waals surface area (Å²) in [6.45, 7) is 4.21. The highest BCUT2D eigenvalue weighted by atomic mass is 35.5. The predicted molar refractivity (Wildman–Crippen MR) is 114 cm³/mol. The number of benzene rings is 1. The largest absolute Gasteiger partial charge is 0.378 e. The molecule has 2 aromatic heterocycles. The summed E-state index contributed by atoms with van der Waals surface area (Å²) in [7, 11) is 0. The molecule has 1 aliphatic rings. The summed E-state index contributed by atoms with van der Waals surface area (Å²) in [6, 6.07) is 5.17. The smallest absolute Gasteiger partial charge is 0.244 e. The lowest BCUT2D eigenvalue weighted by Gasteiger charge is -2.35. The molecule has 28 heavy (non-hydrogen) atoms. The average Bonchev–Trinajstić information content (AvgIpc) is 3.00. The second-order valence-electron chi connectivity index (χ2n) is 6.97. The van der Waals surface area contributed by atoms with Gasteiger partial charge in [0.15, 0.2) is 0 Å². The van der Waals surface area contributed by atoms with Crippen LogP contribution in [0.4, 0.5) is 5.69 Å². The molecule has 0 aliphatic carbocycles. The third-order valence-corrected chi connectivity index (χ3v) is 5.01.